The minimum atomic E-state index is -0.514. The van der Waals surface area contributed by atoms with Crippen LogP contribution < -0.4 is 21.5 Å². The highest BCUT2D eigenvalue weighted by Crippen LogP contribution is 2.21. The average molecular weight is 273 g/mol. The van der Waals surface area contributed by atoms with Crippen molar-refractivity contribution in [3.05, 3.63) is 51.6 Å². The molecule has 0 saturated carbocycles. The van der Waals surface area contributed by atoms with Crippen LogP contribution in [0.5, 0.6) is 0 Å². The molecule has 0 bridgehead atoms. The van der Waals surface area contributed by atoms with Gasteiger partial charge in [0.2, 0.25) is 0 Å². The molecule has 0 aromatic carbocycles. The third-order valence-corrected chi connectivity index (χ3v) is 3.10. The monoisotopic (exact) mass is 273 g/mol. The standard InChI is InChI=1S/C12H11N5O3/c1-6-3-4-17(12(20)14-6)9-8-7(5-13-10(9)18)16(2)11(19)15-8/h3-5H,1H2,2H3,(H,13,18)(H,14,20)(H,15,19). The van der Waals surface area contributed by atoms with E-state index in [2.05, 4.69) is 21.9 Å². The summed E-state index contributed by atoms with van der Waals surface area (Å²) in [6, 6.07) is -0.514. The van der Waals surface area contributed by atoms with Gasteiger partial charge in [-0.1, -0.05) is 6.58 Å². The Bertz CT molecular complexity index is 883. The number of carbonyl (C=O) groups is 1. The number of urea groups is 1. The number of nitrogens with zero attached hydrogens (tertiary/aromatic N) is 2. The van der Waals surface area contributed by atoms with Gasteiger partial charge < -0.3 is 15.3 Å². The zero-order valence-corrected chi connectivity index (χ0v) is 10.6. The Balaban J connectivity index is 2.34. The number of aromatic nitrogens is 3. The van der Waals surface area contributed by atoms with Crippen LogP contribution in [0.1, 0.15) is 0 Å². The van der Waals surface area contributed by atoms with Crippen LogP contribution in [0.15, 0.2) is 40.3 Å². The number of carbonyl (C=O) groups excluding carboxylic acids is 1. The largest absolute Gasteiger partial charge is 0.330 e. The molecule has 2 aromatic rings. The molecule has 3 N–H and O–H groups in total. The summed E-state index contributed by atoms with van der Waals surface area (Å²) in [4.78, 5) is 41.8. The molecular formula is C12H11N5O3. The Hall–Kier alpha value is -3.03. The SMILES string of the molecule is C=C1C=CN(c2c(=O)[nH]cc3c2[nH]c(=O)n3C)C(=O)N1. The van der Waals surface area contributed by atoms with Crippen LogP contribution in [0, 0.1) is 0 Å². The lowest BCUT2D eigenvalue weighted by molar-refractivity contribution is 0.250. The fourth-order valence-corrected chi connectivity index (χ4v) is 2.07. The van der Waals surface area contributed by atoms with E-state index in [-0.39, 0.29) is 11.4 Å². The van der Waals surface area contributed by atoms with E-state index in [1.54, 1.807) is 13.1 Å². The summed E-state index contributed by atoms with van der Waals surface area (Å²) < 4.78 is 1.35. The highest BCUT2D eigenvalue weighted by molar-refractivity contribution is 6.02. The second-order valence-corrected chi connectivity index (χ2v) is 4.36. The van der Waals surface area contributed by atoms with Crippen LogP contribution in [0.4, 0.5) is 10.5 Å². The second kappa shape index (κ2) is 3.98. The van der Waals surface area contributed by atoms with E-state index in [1.165, 1.54) is 17.0 Å². The van der Waals surface area contributed by atoms with Crippen LogP contribution in [0.25, 0.3) is 11.0 Å². The van der Waals surface area contributed by atoms with Crippen molar-refractivity contribution in [2.24, 2.45) is 7.05 Å². The number of fused-ring (bicyclic) bond motifs is 1. The molecule has 102 valence electrons. The number of nitrogens with one attached hydrogen (secondary N) is 3. The van der Waals surface area contributed by atoms with Gasteiger partial charge in [-0.25, -0.2) is 9.59 Å². The Labute approximate surface area is 112 Å². The fraction of sp³-hybridized carbons (Fsp3) is 0.0833. The minimum absolute atomic E-state index is 0.0569. The Morgan fingerprint density at radius 3 is 2.70 bits per heavy atom. The lowest BCUT2D eigenvalue weighted by Crippen LogP contribution is -2.41. The first-order valence-electron chi connectivity index (χ1n) is 5.77. The van der Waals surface area contributed by atoms with Crippen LogP contribution in [-0.4, -0.2) is 20.6 Å². The number of aryl methyl sites for hydroxylation is 1. The molecule has 3 heterocycles. The maximum atomic E-state index is 12.0. The Morgan fingerprint density at radius 2 is 2.00 bits per heavy atom. The molecule has 2 amide bonds. The lowest BCUT2D eigenvalue weighted by Gasteiger charge is -2.22. The first-order chi connectivity index (χ1) is 9.49. The quantitative estimate of drug-likeness (QED) is 0.687. The number of hydrogen-bond acceptors (Lipinski definition) is 3. The van der Waals surface area contributed by atoms with E-state index in [9.17, 15) is 14.4 Å². The van der Waals surface area contributed by atoms with E-state index in [4.69, 9.17) is 0 Å². The van der Waals surface area contributed by atoms with Crippen molar-refractivity contribution in [1.82, 2.24) is 19.9 Å². The summed E-state index contributed by atoms with van der Waals surface area (Å²) >= 11 is 0. The van der Waals surface area contributed by atoms with Gasteiger partial charge in [-0.05, 0) is 6.08 Å². The Kier molecular flexibility index (Phi) is 2.40. The molecule has 20 heavy (non-hydrogen) atoms. The van der Waals surface area contributed by atoms with Crippen molar-refractivity contribution in [2.45, 2.75) is 0 Å². The van der Waals surface area contributed by atoms with Gasteiger partial charge in [0.1, 0.15) is 5.69 Å². The normalized spacial score (nSPS) is 14.9. The van der Waals surface area contributed by atoms with Gasteiger partial charge in [-0.2, -0.15) is 0 Å². The predicted octanol–water partition coefficient (Wildman–Crippen LogP) is 0.112. The minimum Gasteiger partial charge on any atom is -0.325 e. The topological polar surface area (TPSA) is 103 Å². The fourth-order valence-electron chi connectivity index (χ4n) is 2.07. The molecule has 8 nitrogen and oxygen atoms in total. The van der Waals surface area contributed by atoms with Crippen molar-refractivity contribution >= 4 is 22.8 Å². The van der Waals surface area contributed by atoms with Crippen molar-refractivity contribution in [3.63, 3.8) is 0 Å². The zero-order chi connectivity index (χ0) is 14.4. The summed E-state index contributed by atoms with van der Waals surface area (Å²) in [5.74, 6) is 0. The van der Waals surface area contributed by atoms with Gasteiger partial charge in [0.15, 0.2) is 0 Å². The van der Waals surface area contributed by atoms with Crippen LogP contribution in [0.2, 0.25) is 0 Å². The summed E-state index contributed by atoms with van der Waals surface area (Å²) in [6.07, 6.45) is 4.40. The van der Waals surface area contributed by atoms with Crippen molar-refractivity contribution in [1.29, 1.82) is 0 Å². The molecule has 0 saturated heterocycles. The van der Waals surface area contributed by atoms with E-state index < -0.39 is 11.6 Å². The van der Waals surface area contributed by atoms with Crippen LogP contribution in [-0.2, 0) is 7.05 Å². The van der Waals surface area contributed by atoms with E-state index in [0.717, 1.165) is 4.90 Å². The molecular weight excluding hydrogens is 262 g/mol. The molecule has 2 aromatic heterocycles. The van der Waals surface area contributed by atoms with Crippen LogP contribution >= 0.6 is 0 Å². The number of anilines is 1. The maximum Gasteiger partial charge on any atom is 0.330 e. The zero-order valence-electron chi connectivity index (χ0n) is 10.6. The summed E-state index contributed by atoms with van der Waals surface area (Å²) in [6.45, 7) is 3.60. The lowest BCUT2D eigenvalue weighted by atomic mass is 10.3. The molecule has 0 unspecified atom stereocenters. The second-order valence-electron chi connectivity index (χ2n) is 4.36. The molecule has 1 aliphatic rings. The number of amides is 2. The highest BCUT2D eigenvalue weighted by Gasteiger charge is 2.23. The van der Waals surface area contributed by atoms with Crippen LogP contribution in [0.3, 0.4) is 0 Å². The number of H-pyrrole nitrogens is 2. The van der Waals surface area contributed by atoms with E-state index in [0.29, 0.717) is 16.7 Å². The molecule has 0 atom stereocenters. The number of aromatic amines is 2. The molecule has 0 radical (unpaired) electrons. The molecule has 3 rings (SSSR count). The van der Waals surface area contributed by atoms with Crippen molar-refractivity contribution in [2.75, 3.05) is 4.90 Å². The van der Waals surface area contributed by atoms with Gasteiger partial charge in [0.05, 0.1) is 11.0 Å². The third-order valence-electron chi connectivity index (χ3n) is 3.10. The molecule has 0 fully saturated rings. The summed E-state index contributed by atoms with van der Waals surface area (Å²) in [5.41, 5.74) is 0.430. The molecule has 0 spiro atoms. The summed E-state index contributed by atoms with van der Waals surface area (Å²) in [7, 11) is 1.57. The number of pyridine rings is 1. The average Bonchev–Trinajstić information content (AvgIpc) is 2.67. The maximum absolute atomic E-state index is 12.0. The molecule has 8 heteroatoms. The third kappa shape index (κ3) is 1.58. The van der Waals surface area contributed by atoms with Gasteiger partial charge in [0.25, 0.3) is 5.56 Å². The van der Waals surface area contributed by atoms with Crippen molar-refractivity contribution < 1.29 is 4.79 Å². The van der Waals surface area contributed by atoms with Gasteiger partial charge in [-0.15, -0.1) is 0 Å². The first kappa shape index (κ1) is 12.0. The van der Waals surface area contributed by atoms with Crippen molar-refractivity contribution in [3.8, 4) is 0 Å². The summed E-state index contributed by atoms with van der Waals surface area (Å²) in [5, 5.41) is 2.50. The molecule has 0 aliphatic carbocycles. The Morgan fingerprint density at radius 1 is 1.25 bits per heavy atom. The molecule has 1 aliphatic heterocycles. The van der Waals surface area contributed by atoms with Gasteiger partial charge in [-0.3, -0.25) is 14.3 Å². The number of allylic oxidation sites excluding steroid dienone is 1. The number of hydrogen-bond donors (Lipinski definition) is 3. The van der Waals surface area contributed by atoms with Gasteiger partial charge in [0, 0.05) is 25.1 Å². The first-order valence-corrected chi connectivity index (χ1v) is 5.77. The highest BCUT2D eigenvalue weighted by atomic mass is 16.2. The smallest absolute Gasteiger partial charge is 0.325 e. The predicted molar refractivity (Wildman–Crippen MR) is 73.5 cm³/mol. The van der Waals surface area contributed by atoms with E-state index >= 15 is 0 Å². The number of imidazole rings is 1. The number of rotatable bonds is 1. The van der Waals surface area contributed by atoms with Gasteiger partial charge >= 0.3 is 11.7 Å². The van der Waals surface area contributed by atoms with E-state index in [1.807, 2.05) is 0 Å².